The zero-order chi connectivity index (χ0) is 14.5. The van der Waals surface area contributed by atoms with Gasteiger partial charge in [-0.05, 0) is 23.5 Å². The Hall–Kier alpha value is -1.42. The third-order valence-electron chi connectivity index (χ3n) is 3.34. The molecule has 0 radical (unpaired) electrons. The van der Waals surface area contributed by atoms with Gasteiger partial charge in [-0.3, -0.25) is 9.78 Å². The summed E-state index contributed by atoms with van der Waals surface area (Å²) in [7, 11) is 0. The molecule has 1 unspecified atom stereocenters. The first-order chi connectivity index (χ1) is 8.84. The predicted octanol–water partition coefficient (Wildman–Crippen LogP) is 2.02. The quantitative estimate of drug-likeness (QED) is 0.854. The monoisotopic (exact) mass is 263 g/mol. The van der Waals surface area contributed by atoms with Crippen molar-refractivity contribution in [1.29, 1.82) is 0 Å². The van der Waals surface area contributed by atoms with Crippen molar-refractivity contribution in [3.63, 3.8) is 0 Å². The molecule has 0 aromatic carbocycles. The Morgan fingerprint density at radius 2 is 2.16 bits per heavy atom. The predicted molar refractivity (Wildman–Crippen MR) is 77.5 cm³/mol. The SMILES string of the molecule is CCc1cccnc1CNC(=O)CC(N)C(C)(C)C. The minimum absolute atomic E-state index is 0.0184. The Labute approximate surface area is 115 Å². The number of hydrogen-bond acceptors (Lipinski definition) is 3. The maximum absolute atomic E-state index is 11.9. The van der Waals surface area contributed by atoms with E-state index in [0.717, 1.165) is 12.1 Å². The number of amides is 1. The molecule has 0 saturated heterocycles. The van der Waals surface area contributed by atoms with Gasteiger partial charge < -0.3 is 11.1 Å². The van der Waals surface area contributed by atoms with E-state index in [1.165, 1.54) is 5.56 Å². The minimum atomic E-state index is -0.137. The second-order valence-electron chi connectivity index (χ2n) is 5.92. The summed E-state index contributed by atoms with van der Waals surface area (Å²) in [6.07, 6.45) is 3.01. The Morgan fingerprint density at radius 1 is 1.47 bits per heavy atom. The van der Waals surface area contributed by atoms with Gasteiger partial charge in [0.15, 0.2) is 0 Å². The topological polar surface area (TPSA) is 68.0 Å². The molecule has 4 heteroatoms. The zero-order valence-electron chi connectivity index (χ0n) is 12.4. The molecule has 0 saturated carbocycles. The highest BCUT2D eigenvalue weighted by Gasteiger charge is 2.23. The van der Waals surface area contributed by atoms with Gasteiger partial charge in [0.25, 0.3) is 0 Å². The summed E-state index contributed by atoms with van der Waals surface area (Å²) >= 11 is 0. The van der Waals surface area contributed by atoms with Gasteiger partial charge in [-0.15, -0.1) is 0 Å². The molecule has 19 heavy (non-hydrogen) atoms. The molecule has 3 N–H and O–H groups in total. The maximum atomic E-state index is 11.9. The van der Waals surface area contributed by atoms with Gasteiger partial charge in [-0.25, -0.2) is 0 Å². The van der Waals surface area contributed by atoms with Crippen LogP contribution in [-0.2, 0) is 17.8 Å². The molecule has 0 aliphatic rings. The number of nitrogens with two attached hydrogens (primary N) is 1. The lowest BCUT2D eigenvalue weighted by atomic mass is 9.85. The maximum Gasteiger partial charge on any atom is 0.221 e. The van der Waals surface area contributed by atoms with Crippen molar-refractivity contribution >= 4 is 5.91 Å². The Bertz CT molecular complexity index is 424. The number of rotatable bonds is 5. The van der Waals surface area contributed by atoms with Gasteiger partial charge in [-0.2, -0.15) is 0 Å². The molecule has 0 aliphatic heterocycles. The number of carbonyl (C=O) groups excluding carboxylic acids is 1. The van der Waals surface area contributed by atoms with Gasteiger partial charge in [0, 0.05) is 18.7 Å². The summed E-state index contributed by atoms with van der Waals surface area (Å²) in [6.45, 7) is 8.67. The highest BCUT2D eigenvalue weighted by atomic mass is 16.1. The molecule has 1 atom stereocenters. The van der Waals surface area contributed by atoms with E-state index in [1.807, 2.05) is 32.9 Å². The minimum Gasteiger partial charge on any atom is -0.350 e. The van der Waals surface area contributed by atoms with E-state index in [0.29, 0.717) is 13.0 Å². The van der Waals surface area contributed by atoms with E-state index >= 15 is 0 Å². The van der Waals surface area contributed by atoms with Crippen LogP contribution in [0.4, 0.5) is 0 Å². The van der Waals surface area contributed by atoms with E-state index in [2.05, 4.69) is 17.2 Å². The van der Waals surface area contributed by atoms with E-state index in [-0.39, 0.29) is 17.4 Å². The normalized spacial score (nSPS) is 13.1. The van der Waals surface area contributed by atoms with Crippen LogP contribution in [0.2, 0.25) is 0 Å². The molecule has 1 aromatic heterocycles. The summed E-state index contributed by atoms with van der Waals surface area (Å²) in [5, 5.41) is 2.90. The smallest absolute Gasteiger partial charge is 0.221 e. The fourth-order valence-electron chi connectivity index (χ4n) is 1.71. The van der Waals surface area contributed by atoms with Crippen LogP contribution in [0.25, 0.3) is 0 Å². The molecule has 0 spiro atoms. The first-order valence-corrected chi connectivity index (χ1v) is 6.79. The average Bonchev–Trinajstić information content (AvgIpc) is 2.35. The van der Waals surface area contributed by atoms with Crippen molar-refractivity contribution < 1.29 is 4.79 Å². The fourth-order valence-corrected chi connectivity index (χ4v) is 1.71. The van der Waals surface area contributed by atoms with Crippen molar-refractivity contribution in [2.75, 3.05) is 0 Å². The van der Waals surface area contributed by atoms with Crippen molar-refractivity contribution in [3.05, 3.63) is 29.6 Å². The molecule has 106 valence electrons. The lowest BCUT2D eigenvalue weighted by molar-refractivity contribution is -0.122. The summed E-state index contributed by atoms with van der Waals surface area (Å²) in [5.41, 5.74) is 8.04. The summed E-state index contributed by atoms with van der Waals surface area (Å²) in [5.74, 6) is -0.0184. The first kappa shape index (κ1) is 15.6. The summed E-state index contributed by atoms with van der Waals surface area (Å²) < 4.78 is 0. The third-order valence-corrected chi connectivity index (χ3v) is 3.34. The second kappa shape index (κ2) is 6.66. The van der Waals surface area contributed by atoms with Gasteiger partial charge in [0.1, 0.15) is 0 Å². The number of nitrogens with zero attached hydrogens (tertiary/aromatic N) is 1. The number of carbonyl (C=O) groups is 1. The molecular formula is C15H25N3O. The Kier molecular flexibility index (Phi) is 5.48. The summed E-state index contributed by atoms with van der Waals surface area (Å²) in [4.78, 5) is 16.2. The van der Waals surface area contributed by atoms with Gasteiger partial charge >= 0.3 is 0 Å². The fraction of sp³-hybridized carbons (Fsp3) is 0.600. The van der Waals surface area contributed by atoms with Crippen LogP contribution in [0.15, 0.2) is 18.3 Å². The van der Waals surface area contributed by atoms with Crippen LogP contribution in [-0.4, -0.2) is 16.9 Å². The third kappa shape index (κ3) is 4.99. The molecular weight excluding hydrogens is 238 g/mol. The highest BCUT2D eigenvalue weighted by molar-refractivity contribution is 5.76. The number of nitrogens with one attached hydrogen (secondary N) is 1. The van der Waals surface area contributed by atoms with Crippen molar-refractivity contribution in [2.45, 2.75) is 53.1 Å². The average molecular weight is 263 g/mol. The molecule has 1 amide bonds. The molecule has 1 aromatic rings. The van der Waals surface area contributed by atoms with Gasteiger partial charge in [-0.1, -0.05) is 33.8 Å². The van der Waals surface area contributed by atoms with Crippen LogP contribution in [0, 0.1) is 5.41 Å². The Morgan fingerprint density at radius 3 is 2.74 bits per heavy atom. The summed E-state index contributed by atoms with van der Waals surface area (Å²) in [6, 6.07) is 3.82. The van der Waals surface area contributed by atoms with Crippen molar-refractivity contribution in [2.24, 2.45) is 11.1 Å². The van der Waals surface area contributed by atoms with Crippen LogP contribution in [0.1, 0.15) is 45.4 Å². The number of aromatic nitrogens is 1. The van der Waals surface area contributed by atoms with E-state index in [1.54, 1.807) is 6.20 Å². The number of hydrogen-bond donors (Lipinski definition) is 2. The van der Waals surface area contributed by atoms with Crippen LogP contribution < -0.4 is 11.1 Å². The lowest BCUT2D eigenvalue weighted by Crippen LogP contribution is -2.40. The molecule has 1 heterocycles. The largest absolute Gasteiger partial charge is 0.350 e. The molecule has 0 bridgehead atoms. The standard InChI is InChI=1S/C15H25N3O/c1-5-11-7-6-8-17-12(11)10-18-14(19)9-13(16)15(2,3)4/h6-8,13H,5,9-10,16H2,1-4H3,(H,18,19). The van der Waals surface area contributed by atoms with Gasteiger partial charge in [0.05, 0.1) is 12.2 Å². The van der Waals surface area contributed by atoms with Crippen LogP contribution in [0.3, 0.4) is 0 Å². The van der Waals surface area contributed by atoms with E-state index < -0.39 is 0 Å². The van der Waals surface area contributed by atoms with Crippen LogP contribution >= 0.6 is 0 Å². The van der Waals surface area contributed by atoms with Crippen molar-refractivity contribution in [3.8, 4) is 0 Å². The highest BCUT2D eigenvalue weighted by Crippen LogP contribution is 2.19. The number of pyridine rings is 1. The van der Waals surface area contributed by atoms with E-state index in [9.17, 15) is 4.79 Å². The number of aryl methyl sites for hydroxylation is 1. The lowest BCUT2D eigenvalue weighted by Gasteiger charge is -2.26. The van der Waals surface area contributed by atoms with Crippen LogP contribution in [0.5, 0.6) is 0 Å². The second-order valence-corrected chi connectivity index (χ2v) is 5.92. The molecule has 4 nitrogen and oxygen atoms in total. The van der Waals surface area contributed by atoms with Crippen molar-refractivity contribution in [1.82, 2.24) is 10.3 Å². The molecule has 0 aliphatic carbocycles. The molecule has 1 rings (SSSR count). The van der Waals surface area contributed by atoms with Gasteiger partial charge in [0.2, 0.25) is 5.91 Å². The van der Waals surface area contributed by atoms with E-state index in [4.69, 9.17) is 5.73 Å². The first-order valence-electron chi connectivity index (χ1n) is 6.79. The zero-order valence-corrected chi connectivity index (χ0v) is 12.4. The molecule has 0 fully saturated rings. The Balaban J connectivity index is 2.51.